The van der Waals surface area contributed by atoms with E-state index in [1.807, 2.05) is 17.8 Å². The molecule has 11 heteroatoms. The highest BCUT2D eigenvalue weighted by molar-refractivity contribution is 7.99. The molecule has 0 saturated carbocycles. The Balaban J connectivity index is 1.36. The highest BCUT2D eigenvalue weighted by atomic mass is 32.2. The topological polar surface area (TPSA) is 122 Å². The van der Waals surface area contributed by atoms with E-state index in [0.29, 0.717) is 16.9 Å². The summed E-state index contributed by atoms with van der Waals surface area (Å²) < 4.78 is 10.4. The van der Waals surface area contributed by atoms with Gasteiger partial charge in [0.15, 0.2) is 0 Å². The van der Waals surface area contributed by atoms with Gasteiger partial charge in [0.1, 0.15) is 5.82 Å². The summed E-state index contributed by atoms with van der Waals surface area (Å²) in [4.78, 5) is 31.0. The molecular formula is C21H22N6O4S. The van der Waals surface area contributed by atoms with Crippen LogP contribution in [-0.4, -0.2) is 58.3 Å². The third-order valence-electron chi connectivity index (χ3n) is 4.59. The monoisotopic (exact) mass is 454 g/mol. The Hall–Kier alpha value is -3.60. The fraction of sp³-hybridized carbons (Fsp3) is 0.286. The Bertz CT molecular complexity index is 1080. The molecule has 1 aliphatic heterocycles. The van der Waals surface area contributed by atoms with Gasteiger partial charge in [-0.05, 0) is 37.3 Å². The standard InChI is InChI=1S/C21H22N6O4S/c1-2-30-20(29)14-4-3-5-15(12-14)24-21-26-25-19(31-21)18(28)23-16-6-7-17(22-13-16)27-8-10-32-11-9-27/h3-7,12-13H,2,8-11H2,1H3,(H,23,28)(H,24,26). The zero-order chi connectivity index (χ0) is 22.3. The minimum absolute atomic E-state index is 0.0209. The summed E-state index contributed by atoms with van der Waals surface area (Å²) in [6.45, 7) is 3.95. The van der Waals surface area contributed by atoms with Crippen LogP contribution in [-0.2, 0) is 4.74 Å². The fourth-order valence-corrected chi connectivity index (χ4v) is 3.95. The van der Waals surface area contributed by atoms with Gasteiger partial charge in [-0.1, -0.05) is 11.2 Å². The molecule has 3 aromatic rings. The van der Waals surface area contributed by atoms with E-state index < -0.39 is 11.9 Å². The third-order valence-corrected chi connectivity index (χ3v) is 5.53. The van der Waals surface area contributed by atoms with Gasteiger partial charge in [0.2, 0.25) is 0 Å². The summed E-state index contributed by atoms with van der Waals surface area (Å²) in [5.41, 5.74) is 1.45. The van der Waals surface area contributed by atoms with Gasteiger partial charge < -0.3 is 24.7 Å². The molecule has 1 saturated heterocycles. The van der Waals surface area contributed by atoms with Crippen LogP contribution in [0.4, 0.5) is 23.2 Å². The number of nitrogens with zero attached hydrogens (tertiary/aromatic N) is 4. The molecule has 1 amide bonds. The lowest BCUT2D eigenvalue weighted by Gasteiger charge is -2.27. The summed E-state index contributed by atoms with van der Waals surface area (Å²) in [6, 6.07) is 10.3. The number of pyridine rings is 1. The maximum atomic E-state index is 12.4. The molecule has 0 atom stereocenters. The number of hydrogen-bond acceptors (Lipinski definition) is 10. The van der Waals surface area contributed by atoms with Crippen molar-refractivity contribution in [3.05, 3.63) is 54.0 Å². The van der Waals surface area contributed by atoms with Crippen LogP contribution < -0.4 is 15.5 Å². The molecule has 0 bridgehead atoms. The van der Waals surface area contributed by atoms with Gasteiger partial charge in [-0.2, -0.15) is 11.8 Å². The molecular weight excluding hydrogens is 432 g/mol. The van der Waals surface area contributed by atoms with Crippen molar-refractivity contribution < 1.29 is 18.7 Å². The Morgan fingerprint density at radius 3 is 2.75 bits per heavy atom. The molecule has 2 N–H and O–H groups in total. The number of anilines is 4. The van der Waals surface area contributed by atoms with E-state index in [-0.39, 0.29) is 18.5 Å². The number of esters is 1. The molecule has 32 heavy (non-hydrogen) atoms. The molecule has 0 spiro atoms. The average Bonchev–Trinajstić information content (AvgIpc) is 3.29. The number of rotatable bonds is 7. The molecule has 1 fully saturated rings. The first-order chi connectivity index (χ1) is 15.6. The number of benzene rings is 1. The van der Waals surface area contributed by atoms with E-state index >= 15 is 0 Å². The van der Waals surface area contributed by atoms with Crippen molar-refractivity contribution in [2.75, 3.05) is 46.7 Å². The van der Waals surface area contributed by atoms with Gasteiger partial charge in [-0.25, -0.2) is 9.78 Å². The zero-order valence-electron chi connectivity index (χ0n) is 17.4. The van der Waals surface area contributed by atoms with Crippen LogP contribution in [0.1, 0.15) is 28.0 Å². The van der Waals surface area contributed by atoms with Gasteiger partial charge in [0.05, 0.1) is 24.1 Å². The molecule has 3 heterocycles. The normalized spacial score (nSPS) is 13.5. The Morgan fingerprint density at radius 2 is 2.00 bits per heavy atom. The molecule has 4 rings (SSSR count). The molecule has 0 unspecified atom stereocenters. The van der Waals surface area contributed by atoms with Crippen molar-refractivity contribution in [3.8, 4) is 0 Å². The highest BCUT2D eigenvalue weighted by Gasteiger charge is 2.17. The maximum absolute atomic E-state index is 12.4. The number of amides is 1. The predicted octanol–water partition coefficient (Wildman–Crippen LogP) is 3.19. The van der Waals surface area contributed by atoms with E-state index in [9.17, 15) is 9.59 Å². The van der Waals surface area contributed by atoms with Crippen LogP contribution in [0.2, 0.25) is 0 Å². The maximum Gasteiger partial charge on any atom is 0.338 e. The lowest BCUT2D eigenvalue weighted by Crippen LogP contribution is -2.33. The first-order valence-electron chi connectivity index (χ1n) is 10.1. The van der Waals surface area contributed by atoms with Crippen molar-refractivity contribution in [1.82, 2.24) is 15.2 Å². The molecule has 10 nitrogen and oxygen atoms in total. The first-order valence-corrected chi connectivity index (χ1v) is 11.3. The average molecular weight is 455 g/mol. The number of aromatic nitrogens is 3. The molecule has 0 aliphatic carbocycles. The summed E-state index contributed by atoms with van der Waals surface area (Å²) in [7, 11) is 0. The van der Waals surface area contributed by atoms with Crippen LogP contribution in [0.5, 0.6) is 0 Å². The number of carbonyl (C=O) groups excluding carboxylic acids is 2. The Kier molecular flexibility index (Phi) is 6.85. The molecule has 166 valence electrons. The Labute approximate surface area is 188 Å². The van der Waals surface area contributed by atoms with Crippen molar-refractivity contribution in [2.24, 2.45) is 0 Å². The van der Waals surface area contributed by atoms with Crippen molar-refractivity contribution in [3.63, 3.8) is 0 Å². The highest BCUT2D eigenvalue weighted by Crippen LogP contribution is 2.20. The van der Waals surface area contributed by atoms with E-state index in [4.69, 9.17) is 9.15 Å². The largest absolute Gasteiger partial charge is 0.462 e. The molecule has 1 aliphatic rings. The van der Waals surface area contributed by atoms with E-state index in [1.54, 1.807) is 43.5 Å². The summed E-state index contributed by atoms with van der Waals surface area (Å²) in [5.74, 6) is 1.88. The third kappa shape index (κ3) is 5.35. The van der Waals surface area contributed by atoms with Crippen molar-refractivity contribution in [1.29, 1.82) is 0 Å². The quantitative estimate of drug-likeness (QED) is 0.515. The number of nitrogens with one attached hydrogen (secondary N) is 2. The van der Waals surface area contributed by atoms with Crippen LogP contribution in [0.3, 0.4) is 0 Å². The number of ether oxygens (including phenoxy) is 1. The van der Waals surface area contributed by atoms with Crippen molar-refractivity contribution >= 4 is 46.8 Å². The minimum Gasteiger partial charge on any atom is -0.462 e. The zero-order valence-corrected chi connectivity index (χ0v) is 18.2. The van der Waals surface area contributed by atoms with E-state index in [2.05, 4.69) is 30.7 Å². The van der Waals surface area contributed by atoms with Gasteiger partial charge >= 0.3 is 23.8 Å². The van der Waals surface area contributed by atoms with E-state index in [0.717, 1.165) is 30.4 Å². The molecule has 0 radical (unpaired) electrons. The SMILES string of the molecule is CCOC(=O)c1cccc(Nc2nnc(C(=O)Nc3ccc(N4CCSCC4)nc3)o2)c1. The summed E-state index contributed by atoms with van der Waals surface area (Å²) in [6.07, 6.45) is 1.60. The lowest BCUT2D eigenvalue weighted by molar-refractivity contribution is 0.0526. The van der Waals surface area contributed by atoms with Crippen LogP contribution in [0.15, 0.2) is 47.0 Å². The molecule has 1 aromatic carbocycles. The van der Waals surface area contributed by atoms with Gasteiger partial charge in [-0.15, -0.1) is 5.10 Å². The Morgan fingerprint density at radius 1 is 1.16 bits per heavy atom. The smallest absolute Gasteiger partial charge is 0.338 e. The predicted molar refractivity (Wildman–Crippen MR) is 122 cm³/mol. The summed E-state index contributed by atoms with van der Waals surface area (Å²) in [5, 5.41) is 13.2. The minimum atomic E-state index is -0.547. The molecule has 2 aromatic heterocycles. The van der Waals surface area contributed by atoms with Gasteiger partial charge in [0, 0.05) is 30.3 Å². The van der Waals surface area contributed by atoms with Gasteiger partial charge in [-0.3, -0.25) is 4.79 Å². The van der Waals surface area contributed by atoms with Crippen LogP contribution in [0.25, 0.3) is 0 Å². The lowest BCUT2D eigenvalue weighted by atomic mass is 10.2. The number of carbonyl (C=O) groups is 2. The van der Waals surface area contributed by atoms with Crippen molar-refractivity contribution in [2.45, 2.75) is 6.92 Å². The second-order valence-corrected chi connectivity index (χ2v) is 8.02. The number of thioether (sulfide) groups is 1. The van der Waals surface area contributed by atoms with Gasteiger partial charge in [0.25, 0.3) is 0 Å². The second-order valence-electron chi connectivity index (χ2n) is 6.80. The first kappa shape index (κ1) is 21.6. The van der Waals surface area contributed by atoms with Crippen LogP contribution in [0, 0.1) is 0 Å². The van der Waals surface area contributed by atoms with Crippen LogP contribution >= 0.6 is 11.8 Å². The van der Waals surface area contributed by atoms with E-state index in [1.165, 1.54) is 0 Å². The summed E-state index contributed by atoms with van der Waals surface area (Å²) >= 11 is 1.93. The fourth-order valence-electron chi connectivity index (χ4n) is 3.05. The second kappa shape index (κ2) is 10.1. The number of hydrogen-bond donors (Lipinski definition) is 2.